The van der Waals surface area contributed by atoms with Gasteiger partial charge >= 0.3 is 0 Å². The van der Waals surface area contributed by atoms with Crippen LogP contribution in [0.5, 0.6) is 0 Å². The number of amides is 1. The minimum atomic E-state index is 0.0337. The topological polar surface area (TPSA) is 50.4 Å². The number of fused-ring (bicyclic) bond motifs is 1. The first kappa shape index (κ1) is 14.8. The second kappa shape index (κ2) is 7.85. The van der Waals surface area contributed by atoms with E-state index in [1.165, 1.54) is 32.1 Å². The summed E-state index contributed by atoms with van der Waals surface area (Å²) >= 11 is 0. The number of ether oxygens (including phenoxy) is 1. The molecular weight excluding hydrogens is 240 g/mol. The fraction of sp³-hybridized carbons (Fsp3) is 0.933. The third-order valence-electron chi connectivity index (χ3n) is 4.44. The van der Waals surface area contributed by atoms with E-state index in [9.17, 15) is 4.79 Å². The van der Waals surface area contributed by atoms with Gasteiger partial charge in [-0.3, -0.25) is 4.79 Å². The van der Waals surface area contributed by atoms with Gasteiger partial charge in [0.25, 0.3) is 0 Å². The molecule has 0 bridgehead atoms. The zero-order chi connectivity index (χ0) is 13.5. The molecule has 19 heavy (non-hydrogen) atoms. The quantitative estimate of drug-likeness (QED) is 0.723. The summed E-state index contributed by atoms with van der Waals surface area (Å²) in [6.07, 6.45) is 8.40. The monoisotopic (exact) mass is 268 g/mol. The summed E-state index contributed by atoms with van der Waals surface area (Å²) in [5.41, 5.74) is 0. The molecule has 1 aliphatic heterocycles. The smallest absolute Gasteiger partial charge is 0.237 e. The summed E-state index contributed by atoms with van der Waals surface area (Å²) in [6.45, 7) is 4.21. The highest BCUT2D eigenvalue weighted by molar-refractivity contribution is 5.81. The van der Waals surface area contributed by atoms with Crippen molar-refractivity contribution in [2.75, 3.05) is 19.8 Å². The van der Waals surface area contributed by atoms with E-state index in [0.717, 1.165) is 38.5 Å². The van der Waals surface area contributed by atoms with Crippen LogP contribution < -0.4 is 10.6 Å². The Morgan fingerprint density at radius 2 is 2.11 bits per heavy atom. The van der Waals surface area contributed by atoms with Crippen molar-refractivity contribution in [1.29, 1.82) is 0 Å². The predicted octanol–water partition coefficient (Wildman–Crippen LogP) is 1.84. The highest BCUT2D eigenvalue weighted by Crippen LogP contribution is 2.32. The fourth-order valence-electron chi connectivity index (χ4n) is 3.36. The first-order valence-corrected chi connectivity index (χ1v) is 7.92. The van der Waals surface area contributed by atoms with E-state index in [2.05, 4.69) is 10.6 Å². The Hall–Kier alpha value is -0.610. The van der Waals surface area contributed by atoms with Crippen LogP contribution in [0.1, 0.15) is 51.9 Å². The van der Waals surface area contributed by atoms with E-state index in [-0.39, 0.29) is 11.9 Å². The van der Waals surface area contributed by atoms with Crippen LogP contribution in [0, 0.1) is 5.92 Å². The van der Waals surface area contributed by atoms with Gasteiger partial charge in [-0.25, -0.2) is 0 Å². The van der Waals surface area contributed by atoms with Crippen molar-refractivity contribution in [3.8, 4) is 0 Å². The number of carbonyl (C=O) groups excluding carboxylic acids is 1. The Morgan fingerprint density at radius 3 is 2.95 bits per heavy atom. The summed E-state index contributed by atoms with van der Waals surface area (Å²) in [4.78, 5) is 12.1. The molecule has 2 rings (SSSR count). The molecule has 3 unspecified atom stereocenters. The summed E-state index contributed by atoms with van der Waals surface area (Å²) in [5.74, 6) is 0.997. The molecule has 1 saturated carbocycles. The lowest BCUT2D eigenvalue weighted by Crippen LogP contribution is -2.55. The first-order chi connectivity index (χ1) is 9.31. The number of rotatable bonds is 6. The zero-order valence-corrected chi connectivity index (χ0v) is 12.1. The van der Waals surface area contributed by atoms with Gasteiger partial charge in [0.05, 0.1) is 6.04 Å². The highest BCUT2D eigenvalue weighted by atomic mass is 16.5. The summed E-state index contributed by atoms with van der Waals surface area (Å²) in [6, 6.07) is 0.619. The lowest BCUT2D eigenvalue weighted by Gasteiger charge is -2.39. The van der Waals surface area contributed by atoms with Crippen molar-refractivity contribution in [1.82, 2.24) is 10.6 Å². The predicted molar refractivity (Wildman–Crippen MR) is 76.0 cm³/mol. The molecule has 3 atom stereocenters. The molecule has 2 N–H and O–H groups in total. The molecule has 4 nitrogen and oxygen atoms in total. The normalized spacial score (nSPS) is 30.7. The number of piperidine rings is 1. The third-order valence-corrected chi connectivity index (χ3v) is 4.44. The first-order valence-electron chi connectivity index (χ1n) is 7.92. The van der Waals surface area contributed by atoms with E-state index >= 15 is 0 Å². The molecule has 0 aromatic rings. The maximum Gasteiger partial charge on any atom is 0.237 e. The SMILES string of the molecule is CCOCCCNC(=O)C1CCC2CCCCC2N1. The largest absolute Gasteiger partial charge is 0.382 e. The Balaban J connectivity index is 1.65. The van der Waals surface area contributed by atoms with Crippen LogP contribution in [0.4, 0.5) is 0 Å². The minimum Gasteiger partial charge on any atom is -0.382 e. The number of hydrogen-bond acceptors (Lipinski definition) is 3. The summed E-state index contributed by atoms with van der Waals surface area (Å²) in [5, 5.41) is 6.59. The molecule has 1 aliphatic carbocycles. The van der Waals surface area contributed by atoms with Gasteiger partial charge in [-0.15, -0.1) is 0 Å². The summed E-state index contributed by atoms with van der Waals surface area (Å²) in [7, 11) is 0. The Kier molecular flexibility index (Phi) is 6.11. The van der Waals surface area contributed by atoms with E-state index in [4.69, 9.17) is 4.74 Å². The molecule has 2 aliphatic rings. The molecule has 0 aromatic carbocycles. The van der Waals surface area contributed by atoms with Crippen LogP contribution in [0.3, 0.4) is 0 Å². The highest BCUT2D eigenvalue weighted by Gasteiger charge is 2.34. The third kappa shape index (κ3) is 4.46. The number of nitrogens with one attached hydrogen (secondary N) is 2. The standard InChI is InChI=1S/C15H28N2O2/c1-2-19-11-5-10-16-15(18)14-9-8-12-6-3-4-7-13(12)17-14/h12-14,17H,2-11H2,1H3,(H,16,18). The van der Waals surface area contributed by atoms with Gasteiger partial charge in [0, 0.05) is 25.8 Å². The average molecular weight is 268 g/mol. The Bertz CT molecular complexity index is 283. The van der Waals surface area contributed by atoms with Crippen LogP contribution in [-0.4, -0.2) is 37.7 Å². The lowest BCUT2D eigenvalue weighted by molar-refractivity contribution is -0.124. The molecule has 4 heteroatoms. The molecule has 0 spiro atoms. The Labute approximate surface area is 116 Å². The van der Waals surface area contributed by atoms with Crippen LogP contribution >= 0.6 is 0 Å². The van der Waals surface area contributed by atoms with E-state index in [1.807, 2.05) is 6.92 Å². The van der Waals surface area contributed by atoms with E-state index in [1.54, 1.807) is 0 Å². The van der Waals surface area contributed by atoms with Gasteiger partial charge in [-0.2, -0.15) is 0 Å². The van der Waals surface area contributed by atoms with Crippen molar-refractivity contribution in [2.45, 2.75) is 64.0 Å². The summed E-state index contributed by atoms with van der Waals surface area (Å²) < 4.78 is 5.26. The Morgan fingerprint density at radius 1 is 1.26 bits per heavy atom. The molecule has 0 aromatic heterocycles. The van der Waals surface area contributed by atoms with Crippen molar-refractivity contribution in [3.05, 3.63) is 0 Å². The second-order valence-electron chi connectivity index (χ2n) is 5.79. The number of hydrogen-bond donors (Lipinski definition) is 2. The van der Waals surface area contributed by atoms with Gasteiger partial charge in [0.1, 0.15) is 0 Å². The van der Waals surface area contributed by atoms with Crippen molar-refractivity contribution in [2.24, 2.45) is 5.92 Å². The van der Waals surface area contributed by atoms with Gasteiger partial charge in [0.2, 0.25) is 5.91 Å². The van der Waals surface area contributed by atoms with Crippen LogP contribution in [0.25, 0.3) is 0 Å². The van der Waals surface area contributed by atoms with E-state index < -0.39 is 0 Å². The average Bonchev–Trinajstić information content (AvgIpc) is 2.46. The van der Waals surface area contributed by atoms with Gasteiger partial charge in [-0.1, -0.05) is 12.8 Å². The minimum absolute atomic E-state index is 0.0337. The molecule has 2 fully saturated rings. The molecule has 0 radical (unpaired) electrons. The number of carbonyl (C=O) groups is 1. The van der Waals surface area contributed by atoms with Crippen LogP contribution in [0.15, 0.2) is 0 Å². The van der Waals surface area contributed by atoms with Crippen molar-refractivity contribution in [3.63, 3.8) is 0 Å². The van der Waals surface area contributed by atoms with Gasteiger partial charge in [-0.05, 0) is 44.9 Å². The van der Waals surface area contributed by atoms with Crippen LogP contribution in [0.2, 0.25) is 0 Å². The van der Waals surface area contributed by atoms with Gasteiger partial charge in [0.15, 0.2) is 0 Å². The van der Waals surface area contributed by atoms with Gasteiger partial charge < -0.3 is 15.4 Å². The lowest BCUT2D eigenvalue weighted by atomic mass is 9.77. The fourth-order valence-corrected chi connectivity index (χ4v) is 3.36. The molecule has 1 amide bonds. The molecule has 110 valence electrons. The van der Waals surface area contributed by atoms with Crippen LogP contribution in [-0.2, 0) is 9.53 Å². The zero-order valence-electron chi connectivity index (χ0n) is 12.1. The van der Waals surface area contributed by atoms with Crippen molar-refractivity contribution < 1.29 is 9.53 Å². The maximum atomic E-state index is 12.1. The molecule has 1 saturated heterocycles. The van der Waals surface area contributed by atoms with E-state index in [0.29, 0.717) is 6.04 Å². The molecule has 1 heterocycles. The van der Waals surface area contributed by atoms with Crippen molar-refractivity contribution >= 4 is 5.91 Å². The molecular formula is C15H28N2O2. The maximum absolute atomic E-state index is 12.1. The second-order valence-corrected chi connectivity index (χ2v) is 5.79.